The van der Waals surface area contributed by atoms with E-state index in [0.717, 1.165) is 12.6 Å². The molecule has 40 valence electrons. The highest BCUT2D eigenvalue weighted by Gasteiger charge is 2.20. The van der Waals surface area contributed by atoms with Crippen molar-refractivity contribution in [2.24, 2.45) is 0 Å². The van der Waals surface area contributed by atoms with Crippen molar-refractivity contribution in [3.05, 3.63) is 0 Å². The van der Waals surface area contributed by atoms with Crippen LogP contribution in [0.3, 0.4) is 0 Å². The molecule has 0 spiro atoms. The minimum atomic E-state index is 0.153. The number of hydrogen-bond donors (Lipinski definition) is 1. The average Bonchev–Trinajstić information content (AvgIpc) is 2.14. The highest BCUT2D eigenvalue weighted by Crippen LogP contribution is 2.18. The third-order valence-electron chi connectivity index (χ3n) is 1.45. The Bertz CT molecular complexity index is 51.7. The minimum Gasteiger partial charge on any atom is -0.308 e. The van der Waals surface area contributed by atoms with Gasteiger partial charge in [-0.05, 0) is 12.6 Å². The second-order valence-corrected chi connectivity index (χ2v) is 2.01. The molecule has 0 aromatic carbocycles. The first kappa shape index (κ1) is 5.13. The highest BCUT2D eigenvalue weighted by molar-refractivity contribution is 6.52. The molecule has 0 amide bonds. The maximum Gasteiger partial charge on any atom is 0.339 e. The lowest BCUT2D eigenvalue weighted by atomic mass is 9.67. The molecule has 0 atom stereocenters. The van der Waals surface area contributed by atoms with E-state index in [0.29, 0.717) is 0 Å². The third-order valence-corrected chi connectivity index (χ3v) is 1.45. The largest absolute Gasteiger partial charge is 0.339 e. The molecule has 2 nitrogen and oxygen atoms in total. The van der Waals surface area contributed by atoms with Gasteiger partial charge in [0.15, 0.2) is 0 Å². The molecule has 1 heterocycles. The van der Waals surface area contributed by atoms with Crippen molar-refractivity contribution in [1.82, 2.24) is 0 Å². The lowest BCUT2D eigenvalue weighted by molar-refractivity contribution is -0.144. The van der Waals surface area contributed by atoms with E-state index < -0.39 is 0 Å². The maximum absolute atomic E-state index is 8.07. The molecule has 1 aliphatic heterocycles. The van der Waals surface area contributed by atoms with Gasteiger partial charge in [0.1, 0.15) is 0 Å². The first-order valence-electron chi connectivity index (χ1n) is 2.73. The van der Waals surface area contributed by atoms with E-state index in [2.05, 4.69) is 4.81 Å². The second-order valence-electron chi connectivity index (χ2n) is 2.01. The van der Waals surface area contributed by atoms with Gasteiger partial charge in [-0.25, -0.2) is 0 Å². The fraction of sp³-hybridized carbons (Fsp3) is 1.00. The Kier molecular flexibility index (Phi) is 1.71. The van der Waals surface area contributed by atoms with E-state index >= 15 is 0 Å². The number of rotatable bonds is 1. The molecule has 1 fully saturated rings. The van der Waals surface area contributed by atoms with Gasteiger partial charge in [0, 0.05) is 0 Å². The van der Waals surface area contributed by atoms with E-state index in [1.54, 1.807) is 0 Å². The van der Waals surface area contributed by atoms with Crippen LogP contribution in [0.1, 0.15) is 12.8 Å². The topological polar surface area (TPSA) is 29.5 Å². The van der Waals surface area contributed by atoms with Gasteiger partial charge in [-0.15, -0.1) is 0 Å². The van der Waals surface area contributed by atoms with Gasteiger partial charge in [-0.2, -0.15) is 0 Å². The second kappa shape index (κ2) is 2.33. The summed E-state index contributed by atoms with van der Waals surface area (Å²) < 4.78 is 0. The maximum atomic E-state index is 8.07. The van der Waals surface area contributed by atoms with Gasteiger partial charge in [-0.1, -0.05) is 12.8 Å². The van der Waals surface area contributed by atoms with Crippen molar-refractivity contribution in [1.29, 1.82) is 0 Å². The normalized spacial score (nSPS) is 21.0. The first-order chi connectivity index (χ1) is 3.43. The molecule has 0 bridgehead atoms. The van der Waals surface area contributed by atoms with Gasteiger partial charge in [0.05, 0.1) is 0 Å². The van der Waals surface area contributed by atoms with Crippen LogP contribution >= 0.6 is 0 Å². The van der Waals surface area contributed by atoms with Crippen LogP contribution in [0.4, 0.5) is 0 Å². The predicted molar refractivity (Wildman–Crippen MR) is 28.3 cm³/mol. The summed E-state index contributed by atoms with van der Waals surface area (Å²) in [6.07, 6.45) is 4.50. The van der Waals surface area contributed by atoms with Crippen molar-refractivity contribution < 1.29 is 10.1 Å². The Morgan fingerprint density at radius 3 is 2.14 bits per heavy atom. The predicted octanol–water partition coefficient (Wildman–Crippen LogP) is 1.26. The fourth-order valence-electron chi connectivity index (χ4n) is 0.994. The van der Waals surface area contributed by atoms with Crippen molar-refractivity contribution >= 4 is 6.92 Å². The van der Waals surface area contributed by atoms with Crippen LogP contribution in [-0.2, 0) is 4.81 Å². The lowest BCUT2D eigenvalue weighted by Crippen LogP contribution is -2.08. The molecule has 0 unspecified atom stereocenters. The molecule has 1 N–H and O–H groups in total. The third kappa shape index (κ3) is 1.18. The zero-order valence-electron chi connectivity index (χ0n) is 4.26. The van der Waals surface area contributed by atoms with E-state index in [1.165, 1.54) is 12.8 Å². The molecule has 3 heteroatoms. The summed E-state index contributed by atoms with van der Waals surface area (Å²) in [6, 6.07) is 0. The molecule has 0 aliphatic carbocycles. The molecule has 1 aliphatic rings. The molecular formula is C4H9BO2. The fourth-order valence-corrected chi connectivity index (χ4v) is 0.994. The van der Waals surface area contributed by atoms with Crippen molar-refractivity contribution in [3.8, 4) is 0 Å². The Labute approximate surface area is 43.5 Å². The summed E-state index contributed by atoms with van der Waals surface area (Å²) in [7, 11) is 0. The summed E-state index contributed by atoms with van der Waals surface area (Å²) in [5.74, 6) is 0. The molecule has 7 heavy (non-hydrogen) atoms. The molecular weight excluding hydrogens is 90.9 g/mol. The molecule has 0 aromatic heterocycles. The molecule has 0 aromatic rings. The highest BCUT2D eigenvalue weighted by atomic mass is 17.1. The summed E-state index contributed by atoms with van der Waals surface area (Å²) in [5.41, 5.74) is 0. The monoisotopic (exact) mass is 100 g/mol. The Morgan fingerprint density at radius 1 is 1.29 bits per heavy atom. The van der Waals surface area contributed by atoms with Crippen molar-refractivity contribution in [3.63, 3.8) is 0 Å². The van der Waals surface area contributed by atoms with E-state index in [9.17, 15) is 0 Å². The SMILES string of the molecule is OOB1CCCC1. The Balaban J connectivity index is 2.14. The first-order valence-corrected chi connectivity index (χ1v) is 2.73. The van der Waals surface area contributed by atoms with Crippen LogP contribution in [0.25, 0.3) is 0 Å². The van der Waals surface area contributed by atoms with Crippen LogP contribution in [0, 0.1) is 0 Å². The van der Waals surface area contributed by atoms with Crippen LogP contribution in [-0.4, -0.2) is 12.2 Å². The molecule has 0 saturated carbocycles. The zero-order valence-corrected chi connectivity index (χ0v) is 4.26. The molecule has 1 saturated heterocycles. The number of hydrogen-bond acceptors (Lipinski definition) is 2. The van der Waals surface area contributed by atoms with Crippen LogP contribution in [0.2, 0.25) is 12.6 Å². The van der Waals surface area contributed by atoms with Gasteiger partial charge in [0.2, 0.25) is 0 Å². The standard InChI is InChI=1S/C4H9BO2/c6-7-5-3-1-2-4-5/h6H,1-4H2. The molecule has 1 rings (SSSR count). The van der Waals surface area contributed by atoms with E-state index in [1.807, 2.05) is 0 Å². The van der Waals surface area contributed by atoms with Gasteiger partial charge >= 0.3 is 6.92 Å². The Hall–Kier alpha value is -0.0151. The van der Waals surface area contributed by atoms with Crippen LogP contribution < -0.4 is 0 Å². The summed E-state index contributed by atoms with van der Waals surface area (Å²) in [4.78, 5) is 4.11. The van der Waals surface area contributed by atoms with Crippen LogP contribution in [0.5, 0.6) is 0 Å². The lowest BCUT2D eigenvalue weighted by Gasteiger charge is -1.93. The average molecular weight is 99.9 g/mol. The quantitative estimate of drug-likeness (QED) is 0.305. The summed E-state index contributed by atoms with van der Waals surface area (Å²) in [5, 5.41) is 8.07. The smallest absolute Gasteiger partial charge is 0.308 e. The van der Waals surface area contributed by atoms with Gasteiger partial charge in [-0.3, -0.25) is 5.26 Å². The van der Waals surface area contributed by atoms with Gasteiger partial charge < -0.3 is 4.81 Å². The van der Waals surface area contributed by atoms with Gasteiger partial charge in [0.25, 0.3) is 0 Å². The van der Waals surface area contributed by atoms with Crippen molar-refractivity contribution in [2.45, 2.75) is 25.5 Å². The van der Waals surface area contributed by atoms with E-state index in [-0.39, 0.29) is 6.92 Å². The summed E-state index contributed by atoms with van der Waals surface area (Å²) >= 11 is 0. The van der Waals surface area contributed by atoms with Crippen LogP contribution in [0.15, 0.2) is 0 Å². The Morgan fingerprint density at radius 2 is 1.86 bits per heavy atom. The summed E-state index contributed by atoms with van der Waals surface area (Å²) in [6.45, 7) is 0.153. The molecule has 0 radical (unpaired) electrons. The van der Waals surface area contributed by atoms with Crippen molar-refractivity contribution in [2.75, 3.05) is 0 Å². The van der Waals surface area contributed by atoms with E-state index in [4.69, 9.17) is 5.26 Å². The minimum absolute atomic E-state index is 0.153. The zero-order chi connectivity index (χ0) is 5.11.